The van der Waals surface area contributed by atoms with E-state index in [0.29, 0.717) is 45.4 Å². The second kappa shape index (κ2) is 15.5. The van der Waals surface area contributed by atoms with Gasteiger partial charge in [0.15, 0.2) is 0 Å². The van der Waals surface area contributed by atoms with Gasteiger partial charge in [-0.1, -0.05) is 26.7 Å². The van der Waals surface area contributed by atoms with Crippen molar-refractivity contribution >= 4 is 12.2 Å². The van der Waals surface area contributed by atoms with Gasteiger partial charge in [0.05, 0.1) is 0 Å². The van der Waals surface area contributed by atoms with Crippen LogP contribution in [0.5, 0.6) is 0 Å². The topological polar surface area (TPSA) is 91.9 Å². The molecule has 0 bridgehead atoms. The van der Waals surface area contributed by atoms with Gasteiger partial charge in [-0.2, -0.15) is 0 Å². The molecule has 1 aliphatic rings. The first kappa shape index (κ1) is 23.5. The molecule has 0 atom stereocenters. The summed E-state index contributed by atoms with van der Waals surface area (Å²) in [7, 11) is 0. The fourth-order valence-electron chi connectivity index (χ4n) is 3.00. The van der Waals surface area contributed by atoms with Gasteiger partial charge in [0.1, 0.15) is 13.2 Å². The van der Waals surface area contributed by atoms with E-state index in [4.69, 9.17) is 9.47 Å². The Morgan fingerprint density at radius 2 is 1.41 bits per heavy atom. The molecule has 0 aliphatic carbocycles. The molecule has 0 saturated carbocycles. The number of nitrogens with zero attached hydrogens (tertiary/aromatic N) is 1. The van der Waals surface area contributed by atoms with Crippen LogP contribution in [-0.4, -0.2) is 75.6 Å². The first-order valence-corrected chi connectivity index (χ1v) is 10.4. The van der Waals surface area contributed by atoms with Gasteiger partial charge < -0.3 is 25.4 Å². The molecule has 0 aromatic rings. The molecule has 0 unspecified atom stereocenters. The number of nitrogens with one attached hydrogen (secondary N) is 3. The molecule has 1 saturated heterocycles. The average molecular weight is 387 g/mol. The highest BCUT2D eigenvalue weighted by Crippen LogP contribution is 2.11. The quantitative estimate of drug-likeness (QED) is 0.420. The van der Waals surface area contributed by atoms with Gasteiger partial charge in [-0.25, -0.2) is 9.59 Å². The van der Waals surface area contributed by atoms with Crippen LogP contribution in [0.2, 0.25) is 0 Å². The molecule has 1 fully saturated rings. The molecular formula is C19H38N4O4. The van der Waals surface area contributed by atoms with Crippen LogP contribution in [0.4, 0.5) is 9.59 Å². The number of amides is 2. The van der Waals surface area contributed by atoms with Crippen molar-refractivity contribution in [2.45, 2.75) is 58.4 Å². The fraction of sp³-hybridized carbons (Fsp3) is 0.895. The minimum Gasteiger partial charge on any atom is -0.448 e. The number of piperidine rings is 1. The van der Waals surface area contributed by atoms with Crippen LogP contribution in [0.1, 0.15) is 52.4 Å². The summed E-state index contributed by atoms with van der Waals surface area (Å²) in [5.74, 6) is 0. The van der Waals surface area contributed by atoms with E-state index < -0.39 is 0 Å². The van der Waals surface area contributed by atoms with E-state index in [-0.39, 0.29) is 12.2 Å². The Balaban J connectivity index is 2.30. The van der Waals surface area contributed by atoms with Crippen molar-refractivity contribution in [1.82, 2.24) is 20.9 Å². The lowest BCUT2D eigenvalue weighted by Gasteiger charge is -2.34. The molecular weight excluding hydrogens is 348 g/mol. The largest absolute Gasteiger partial charge is 0.448 e. The summed E-state index contributed by atoms with van der Waals surface area (Å²) in [6.45, 7) is 9.39. The third-order valence-electron chi connectivity index (χ3n) is 4.65. The van der Waals surface area contributed by atoms with Crippen LogP contribution in [0.15, 0.2) is 0 Å². The SMILES string of the molecule is CCCCNC(=O)OCCN(CCOC(=O)NCCCC)C1CCNCC1. The molecule has 0 radical (unpaired) electrons. The first-order chi connectivity index (χ1) is 13.2. The van der Waals surface area contributed by atoms with E-state index in [1.165, 1.54) is 0 Å². The lowest BCUT2D eigenvalue weighted by atomic mass is 10.0. The van der Waals surface area contributed by atoms with E-state index in [0.717, 1.165) is 51.6 Å². The van der Waals surface area contributed by atoms with Crippen LogP contribution in [-0.2, 0) is 9.47 Å². The van der Waals surface area contributed by atoms with Gasteiger partial charge in [-0.15, -0.1) is 0 Å². The molecule has 0 aromatic heterocycles. The number of carbonyl (C=O) groups is 2. The number of hydrogen-bond donors (Lipinski definition) is 3. The summed E-state index contributed by atoms with van der Waals surface area (Å²) in [5, 5.41) is 8.86. The van der Waals surface area contributed by atoms with Crippen LogP contribution >= 0.6 is 0 Å². The predicted molar refractivity (Wildman–Crippen MR) is 106 cm³/mol. The monoisotopic (exact) mass is 386 g/mol. The highest BCUT2D eigenvalue weighted by molar-refractivity contribution is 5.67. The zero-order valence-electron chi connectivity index (χ0n) is 17.1. The molecule has 0 aromatic carbocycles. The minimum atomic E-state index is -0.361. The normalized spacial score (nSPS) is 14.8. The van der Waals surface area contributed by atoms with Gasteiger partial charge in [-0.3, -0.25) is 4.90 Å². The first-order valence-electron chi connectivity index (χ1n) is 10.4. The van der Waals surface area contributed by atoms with Gasteiger partial charge >= 0.3 is 12.2 Å². The fourth-order valence-corrected chi connectivity index (χ4v) is 3.00. The average Bonchev–Trinajstić information content (AvgIpc) is 2.68. The summed E-state index contributed by atoms with van der Waals surface area (Å²) < 4.78 is 10.6. The molecule has 1 aliphatic heterocycles. The van der Waals surface area contributed by atoms with Gasteiger partial charge in [0, 0.05) is 32.2 Å². The van der Waals surface area contributed by atoms with Crippen molar-refractivity contribution in [3.05, 3.63) is 0 Å². The lowest BCUT2D eigenvalue weighted by molar-refractivity contribution is 0.0784. The van der Waals surface area contributed by atoms with Crippen LogP contribution in [0.3, 0.4) is 0 Å². The second-order valence-corrected chi connectivity index (χ2v) is 6.85. The van der Waals surface area contributed by atoms with E-state index in [1.54, 1.807) is 0 Å². The summed E-state index contributed by atoms with van der Waals surface area (Å²) in [6.07, 6.45) is 5.35. The van der Waals surface area contributed by atoms with Crippen molar-refractivity contribution in [2.24, 2.45) is 0 Å². The summed E-state index contributed by atoms with van der Waals surface area (Å²) in [4.78, 5) is 25.6. The molecule has 8 heteroatoms. The number of alkyl carbamates (subject to hydrolysis) is 2. The van der Waals surface area contributed by atoms with Crippen molar-refractivity contribution in [3.8, 4) is 0 Å². The van der Waals surface area contributed by atoms with E-state index in [1.807, 2.05) is 0 Å². The zero-order chi connectivity index (χ0) is 19.7. The van der Waals surface area contributed by atoms with Crippen LogP contribution < -0.4 is 16.0 Å². The number of hydrogen-bond acceptors (Lipinski definition) is 6. The van der Waals surface area contributed by atoms with E-state index >= 15 is 0 Å². The number of rotatable bonds is 13. The summed E-state index contributed by atoms with van der Waals surface area (Å²) in [5.41, 5.74) is 0. The summed E-state index contributed by atoms with van der Waals surface area (Å²) in [6, 6.07) is 0.421. The maximum atomic E-state index is 11.7. The van der Waals surface area contributed by atoms with Crippen LogP contribution in [0, 0.1) is 0 Å². The third kappa shape index (κ3) is 11.7. The van der Waals surface area contributed by atoms with E-state index in [2.05, 4.69) is 34.7 Å². The molecule has 2 amide bonds. The molecule has 8 nitrogen and oxygen atoms in total. The Bertz CT molecular complexity index is 375. The predicted octanol–water partition coefficient (Wildman–Crippen LogP) is 2.09. The highest BCUT2D eigenvalue weighted by atomic mass is 16.6. The Morgan fingerprint density at radius 1 is 0.926 bits per heavy atom. The molecule has 27 heavy (non-hydrogen) atoms. The molecule has 3 N–H and O–H groups in total. The minimum absolute atomic E-state index is 0.338. The summed E-state index contributed by atoms with van der Waals surface area (Å²) >= 11 is 0. The number of carbonyl (C=O) groups excluding carboxylic acids is 2. The smallest absolute Gasteiger partial charge is 0.407 e. The number of ether oxygens (including phenoxy) is 2. The van der Waals surface area contributed by atoms with Gasteiger partial charge in [0.25, 0.3) is 0 Å². The Kier molecular flexibility index (Phi) is 13.5. The van der Waals surface area contributed by atoms with Gasteiger partial charge in [-0.05, 0) is 38.8 Å². The Labute approximate surface area is 163 Å². The molecule has 0 spiro atoms. The second-order valence-electron chi connectivity index (χ2n) is 6.85. The zero-order valence-corrected chi connectivity index (χ0v) is 17.1. The maximum absolute atomic E-state index is 11.7. The Hall–Kier alpha value is -1.54. The molecule has 158 valence electrons. The van der Waals surface area contributed by atoms with Crippen molar-refractivity contribution in [3.63, 3.8) is 0 Å². The van der Waals surface area contributed by atoms with Crippen molar-refractivity contribution in [1.29, 1.82) is 0 Å². The standard InChI is InChI=1S/C19H38N4O4/c1-3-5-9-21-18(24)26-15-13-23(17-7-11-20-12-8-17)14-16-27-19(25)22-10-6-4-2/h17,20H,3-16H2,1-2H3,(H,21,24)(H,22,25). The highest BCUT2D eigenvalue weighted by Gasteiger charge is 2.21. The van der Waals surface area contributed by atoms with Crippen molar-refractivity contribution < 1.29 is 19.1 Å². The van der Waals surface area contributed by atoms with Crippen molar-refractivity contribution in [2.75, 3.05) is 52.5 Å². The lowest BCUT2D eigenvalue weighted by Crippen LogP contribution is -2.46. The number of unbranched alkanes of at least 4 members (excludes halogenated alkanes) is 2. The molecule has 1 heterocycles. The van der Waals surface area contributed by atoms with Gasteiger partial charge in [0.2, 0.25) is 0 Å². The maximum Gasteiger partial charge on any atom is 0.407 e. The molecule has 1 rings (SSSR count). The van der Waals surface area contributed by atoms with Crippen LogP contribution in [0.25, 0.3) is 0 Å². The third-order valence-corrected chi connectivity index (χ3v) is 4.65. The Morgan fingerprint density at radius 3 is 1.85 bits per heavy atom. The van der Waals surface area contributed by atoms with E-state index in [9.17, 15) is 9.59 Å².